The van der Waals surface area contributed by atoms with Gasteiger partial charge in [-0.3, -0.25) is 9.59 Å². The molecule has 1 aliphatic carbocycles. The molecule has 98 valence electrons. The molecule has 1 saturated carbocycles. The summed E-state index contributed by atoms with van der Waals surface area (Å²) in [5.41, 5.74) is -0.0262. The van der Waals surface area contributed by atoms with Crippen molar-refractivity contribution in [2.75, 3.05) is 0 Å². The maximum absolute atomic E-state index is 11.9. The highest BCUT2D eigenvalue weighted by Crippen LogP contribution is 2.22. The zero-order chi connectivity index (χ0) is 13.0. The zero-order valence-electron chi connectivity index (χ0n) is 10.6. The first-order valence-electron chi connectivity index (χ1n) is 6.52. The predicted octanol–water partition coefficient (Wildman–Crippen LogP) is 1.47. The smallest absolute Gasteiger partial charge is 0.271 e. The number of nitrogens with zero attached hydrogens (tertiary/aromatic N) is 1. The molecular formula is C13H19N3O2. The van der Waals surface area contributed by atoms with Crippen LogP contribution < -0.4 is 10.9 Å². The second-order valence-corrected chi connectivity index (χ2v) is 5.09. The molecule has 2 N–H and O–H groups in total. The highest BCUT2D eigenvalue weighted by Gasteiger charge is 2.19. The molecule has 1 aliphatic rings. The molecule has 0 aromatic carbocycles. The van der Waals surface area contributed by atoms with Gasteiger partial charge in [-0.1, -0.05) is 19.8 Å². The molecular weight excluding hydrogens is 230 g/mol. The van der Waals surface area contributed by atoms with Crippen molar-refractivity contribution in [3.63, 3.8) is 0 Å². The first-order chi connectivity index (χ1) is 8.65. The van der Waals surface area contributed by atoms with Crippen LogP contribution in [0, 0.1) is 5.92 Å². The molecule has 1 aromatic rings. The number of aromatic amines is 1. The van der Waals surface area contributed by atoms with Gasteiger partial charge in [0, 0.05) is 12.1 Å². The van der Waals surface area contributed by atoms with Crippen molar-refractivity contribution < 1.29 is 4.79 Å². The first kappa shape index (κ1) is 12.8. The molecule has 18 heavy (non-hydrogen) atoms. The molecule has 5 heteroatoms. The van der Waals surface area contributed by atoms with Gasteiger partial charge in [-0.2, -0.15) is 5.10 Å². The lowest BCUT2D eigenvalue weighted by molar-refractivity contribution is 0.0927. The minimum Gasteiger partial charge on any atom is -0.348 e. The molecule has 0 spiro atoms. The molecule has 0 bridgehead atoms. The fraction of sp³-hybridized carbons (Fsp3) is 0.615. The van der Waals surface area contributed by atoms with Gasteiger partial charge < -0.3 is 5.32 Å². The van der Waals surface area contributed by atoms with Crippen LogP contribution in [0.25, 0.3) is 0 Å². The fourth-order valence-electron chi connectivity index (χ4n) is 2.36. The minimum absolute atomic E-state index is 0.203. The van der Waals surface area contributed by atoms with Gasteiger partial charge in [0.15, 0.2) is 0 Å². The average molecular weight is 249 g/mol. The summed E-state index contributed by atoms with van der Waals surface area (Å²) in [6.45, 7) is 2.26. The molecule has 0 aliphatic heterocycles. The normalized spacial score (nSPS) is 24.3. The van der Waals surface area contributed by atoms with E-state index in [9.17, 15) is 9.59 Å². The average Bonchev–Trinajstić information content (AvgIpc) is 2.55. The van der Waals surface area contributed by atoms with Crippen LogP contribution in [0.1, 0.15) is 49.5 Å². The van der Waals surface area contributed by atoms with Crippen LogP contribution in [0.5, 0.6) is 0 Å². The second kappa shape index (κ2) is 5.80. The summed E-state index contributed by atoms with van der Waals surface area (Å²) in [7, 11) is 0. The largest absolute Gasteiger partial charge is 0.348 e. The Morgan fingerprint density at radius 1 is 1.33 bits per heavy atom. The van der Waals surface area contributed by atoms with E-state index in [1.807, 2.05) is 0 Å². The van der Waals surface area contributed by atoms with Gasteiger partial charge in [0.05, 0.1) is 0 Å². The van der Waals surface area contributed by atoms with E-state index in [0.29, 0.717) is 0 Å². The standard InChI is InChI=1S/C13H19N3O2/c1-9-3-2-4-10(6-5-9)14-13(18)11-7-8-12(17)16-15-11/h7-10H,2-6H2,1H3,(H,14,18)(H,16,17). The summed E-state index contributed by atoms with van der Waals surface area (Å²) in [6, 6.07) is 3.00. The lowest BCUT2D eigenvalue weighted by Crippen LogP contribution is -2.35. The molecule has 1 aromatic heterocycles. The Balaban J connectivity index is 1.94. The Morgan fingerprint density at radius 2 is 2.17 bits per heavy atom. The van der Waals surface area contributed by atoms with E-state index in [0.717, 1.165) is 31.6 Å². The van der Waals surface area contributed by atoms with Gasteiger partial charge in [0.25, 0.3) is 11.5 Å². The second-order valence-electron chi connectivity index (χ2n) is 5.09. The van der Waals surface area contributed by atoms with Crippen LogP contribution in [-0.4, -0.2) is 22.1 Å². The molecule has 2 atom stereocenters. The highest BCUT2D eigenvalue weighted by molar-refractivity contribution is 5.92. The Kier molecular flexibility index (Phi) is 4.12. The van der Waals surface area contributed by atoms with Gasteiger partial charge in [0.2, 0.25) is 0 Å². The van der Waals surface area contributed by atoms with Crippen molar-refractivity contribution in [2.24, 2.45) is 5.92 Å². The van der Waals surface area contributed by atoms with Crippen molar-refractivity contribution in [3.8, 4) is 0 Å². The molecule has 1 fully saturated rings. The van der Waals surface area contributed by atoms with E-state index in [4.69, 9.17) is 0 Å². The summed E-state index contributed by atoms with van der Waals surface area (Å²) in [4.78, 5) is 22.8. The maximum Gasteiger partial charge on any atom is 0.271 e. The summed E-state index contributed by atoms with van der Waals surface area (Å²) < 4.78 is 0. The number of hydrogen-bond donors (Lipinski definition) is 2. The van der Waals surface area contributed by atoms with Gasteiger partial charge in [-0.25, -0.2) is 5.10 Å². The fourth-order valence-corrected chi connectivity index (χ4v) is 2.36. The number of H-pyrrole nitrogens is 1. The minimum atomic E-state index is -0.296. The quantitative estimate of drug-likeness (QED) is 0.779. The van der Waals surface area contributed by atoms with E-state index in [1.54, 1.807) is 0 Å². The number of hydrogen-bond acceptors (Lipinski definition) is 3. The zero-order valence-corrected chi connectivity index (χ0v) is 10.6. The van der Waals surface area contributed by atoms with E-state index < -0.39 is 0 Å². The Morgan fingerprint density at radius 3 is 2.89 bits per heavy atom. The SMILES string of the molecule is CC1CCCC(NC(=O)c2ccc(=O)[nH]n2)CC1. The van der Waals surface area contributed by atoms with Crippen LogP contribution in [0.4, 0.5) is 0 Å². The Labute approximate surface area is 106 Å². The number of carbonyl (C=O) groups is 1. The molecule has 2 unspecified atom stereocenters. The van der Waals surface area contributed by atoms with Crippen molar-refractivity contribution in [1.29, 1.82) is 0 Å². The Bertz CT molecular complexity index is 449. The van der Waals surface area contributed by atoms with E-state index >= 15 is 0 Å². The molecule has 0 radical (unpaired) electrons. The molecule has 2 rings (SSSR count). The van der Waals surface area contributed by atoms with Crippen molar-refractivity contribution in [1.82, 2.24) is 15.5 Å². The van der Waals surface area contributed by atoms with E-state index in [2.05, 4.69) is 22.4 Å². The van der Waals surface area contributed by atoms with Gasteiger partial charge >= 0.3 is 0 Å². The third-order valence-corrected chi connectivity index (χ3v) is 3.50. The third-order valence-electron chi connectivity index (χ3n) is 3.50. The van der Waals surface area contributed by atoms with Gasteiger partial charge in [-0.05, 0) is 31.2 Å². The van der Waals surface area contributed by atoms with Crippen molar-refractivity contribution in [3.05, 3.63) is 28.2 Å². The summed E-state index contributed by atoms with van der Waals surface area (Å²) in [6.07, 6.45) is 5.61. The summed E-state index contributed by atoms with van der Waals surface area (Å²) in [5, 5.41) is 9.00. The van der Waals surface area contributed by atoms with Crippen molar-refractivity contribution >= 4 is 5.91 Å². The topological polar surface area (TPSA) is 74.8 Å². The monoisotopic (exact) mass is 249 g/mol. The van der Waals surface area contributed by atoms with E-state index in [1.165, 1.54) is 18.6 Å². The Hall–Kier alpha value is -1.65. The first-order valence-corrected chi connectivity index (χ1v) is 6.52. The number of aromatic nitrogens is 2. The molecule has 0 saturated heterocycles. The summed E-state index contributed by atoms with van der Waals surface area (Å²) >= 11 is 0. The van der Waals surface area contributed by atoms with Crippen LogP contribution in [0.2, 0.25) is 0 Å². The third kappa shape index (κ3) is 3.42. The predicted molar refractivity (Wildman–Crippen MR) is 68.4 cm³/mol. The van der Waals surface area contributed by atoms with Gasteiger partial charge in [0.1, 0.15) is 5.69 Å². The number of rotatable bonds is 2. The maximum atomic E-state index is 11.9. The van der Waals surface area contributed by atoms with Gasteiger partial charge in [-0.15, -0.1) is 0 Å². The highest BCUT2D eigenvalue weighted by atomic mass is 16.2. The summed E-state index contributed by atoms with van der Waals surface area (Å²) in [5.74, 6) is 0.545. The van der Waals surface area contributed by atoms with Crippen LogP contribution in [0.15, 0.2) is 16.9 Å². The lowest BCUT2D eigenvalue weighted by atomic mass is 10.0. The lowest BCUT2D eigenvalue weighted by Gasteiger charge is -2.15. The molecule has 1 amide bonds. The van der Waals surface area contributed by atoms with E-state index in [-0.39, 0.29) is 23.2 Å². The molecule has 5 nitrogen and oxygen atoms in total. The van der Waals surface area contributed by atoms with Crippen LogP contribution in [-0.2, 0) is 0 Å². The van der Waals surface area contributed by atoms with Crippen molar-refractivity contribution in [2.45, 2.75) is 45.1 Å². The number of amides is 1. The number of carbonyl (C=O) groups excluding carboxylic acids is 1. The molecule has 1 heterocycles. The van der Waals surface area contributed by atoms with Crippen LogP contribution >= 0.6 is 0 Å². The van der Waals surface area contributed by atoms with Crippen LogP contribution in [0.3, 0.4) is 0 Å². The number of nitrogens with one attached hydrogen (secondary N) is 2.